The maximum absolute atomic E-state index is 5.73. The van der Waals surface area contributed by atoms with Crippen LogP contribution in [0.15, 0.2) is 34.0 Å². The number of hydrogen-bond acceptors (Lipinski definition) is 4. The zero-order chi connectivity index (χ0) is 19.6. The molecule has 1 fully saturated rings. The summed E-state index contributed by atoms with van der Waals surface area (Å²) in [6.45, 7) is 8.83. The second kappa shape index (κ2) is 12.9. The Hall–Kier alpha value is -1.55. The maximum atomic E-state index is 5.73. The zero-order valence-corrected chi connectivity index (χ0v) is 19.9. The number of aromatic nitrogens is 2. The molecule has 0 saturated carbocycles. The van der Waals surface area contributed by atoms with E-state index in [1.807, 2.05) is 12.3 Å². The quantitative estimate of drug-likeness (QED) is 0.206. The fourth-order valence-electron chi connectivity index (χ4n) is 3.73. The minimum Gasteiger partial charge on any atom is -0.468 e. The second-order valence-electron chi connectivity index (χ2n) is 7.40. The smallest absolute Gasteiger partial charge is 0.191 e. The summed E-state index contributed by atoms with van der Waals surface area (Å²) < 4.78 is 5.73. The van der Waals surface area contributed by atoms with Crippen molar-refractivity contribution >= 4 is 29.9 Å². The number of rotatable bonds is 9. The molecule has 29 heavy (non-hydrogen) atoms. The summed E-state index contributed by atoms with van der Waals surface area (Å²) in [7, 11) is 0. The molecule has 0 aliphatic carbocycles. The Labute approximate surface area is 191 Å². The number of hydrogen-bond donors (Lipinski definition) is 3. The van der Waals surface area contributed by atoms with Crippen LogP contribution in [0.4, 0.5) is 0 Å². The summed E-state index contributed by atoms with van der Waals surface area (Å²) in [6.07, 6.45) is 9.57. The number of nitrogens with zero attached hydrogens (tertiary/aromatic N) is 3. The van der Waals surface area contributed by atoms with Crippen LogP contribution in [-0.4, -0.2) is 53.8 Å². The van der Waals surface area contributed by atoms with Gasteiger partial charge in [-0.25, -0.2) is 0 Å². The number of nitrogens with one attached hydrogen (secondary N) is 3. The van der Waals surface area contributed by atoms with Crippen LogP contribution in [0.5, 0.6) is 0 Å². The zero-order valence-electron chi connectivity index (χ0n) is 17.6. The summed E-state index contributed by atoms with van der Waals surface area (Å²) in [5, 5.41) is 13.9. The number of likely N-dealkylation sites (tertiary alicyclic amines) is 1. The topological polar surface area (TPSA) is 81.5 Å². The van der Waals surface area contributed by atoms with Gasteiger partial charge in [0.1, 0.15) is 5.76 Å². The van der Waals surface area contributed by atoms with Crippen molar-refractivity contribution < 1.29 is 4.42 Å². The summed E-state index contributed by atoms with van der Waals surface area (Å²) in [6, 6.07) is 4.25. The highest BCUT2D eigenvalue weighted by atomic mass is 127. The Morgan fingerprint density at radius 1 is 1.31 bits per heavy atom. The molecule has 162 valence electrons. The molecular formula is C21H35IN6O. The van der Waals surface area contributed by atoms with E-state index in [9.17, 15) is 0 Å². The molecule has 1 saturated heterocycles. The van der Waals surface area contributed by atoms with Crippen LogP contribution in [0.1, 0.15) is 55.7 Å². The van der Waals surface area contributed by atoms with Gasteiger partial charge in [-0.1, -0.05) is 6.42 Å². The van der Waals surface area contributed by atoms with Crippen LogP contribution in [0.25, 0.3) is 0 Å². The molecule has 3 N–H and O–H groups in total. The van der Waals surface area contributed by atoms with E-state index in [-0.39, 0.29) is 30.0 Å². The Morgan fingerprint density at radius 2 is 2.14 bits per heavy atom. The molecule has 3 rings (SSSR count). The normalized spacial score (nSPS) is 16.3. The number of piperidine rings is 1. The third kappa shape index (κ3) is 7.33. The SMILES string of the molecule is CCNC(=NCC(c1ccco1)N1CCCCC1)NCCCc1cn[nH]c1C.I. The Bertz CT molecular complexity index is 709. The molecule has 7 nitrogen and oxygen atoms in total. The Morgan fingerprint density at radius 3 is 2.79 bits per heavy atom. The number of guanidine groups is 1. The number of aryl methyl sites for hydroxylation is 2. The Kier molecular flexibility index (Phi) is 10.5. The molecular weight excluding hydrogens is 479 g/mol. The van der Waals surface area contributed by atoms with Gasteiger partial charge in [0.25, 0.3) is 0 Å². The van der Waals surface area contributed by atoms with Gasteiger partial charge in [-0.15, -0.1) is 24.0 Å². The summed E-state index contributed by atoms with van der Waals surface area (Å²) in [5.74, 6) is 1.89. The molecule has 0 bridgehead atoms. The van der Waals surface area contributed by atoms with Crippen LogP contribution in [-0.2, 0) is 6.42 Å². The summed E-state index contributed by atoms with van der Waals surface area (Å²) in [4.78, 5) is 7.38. The van der Waals surface area contributed by atoms with Gasteiger partial charge in [-0.3, -0.25) is 15.0 Å². The molecule has 2 aromatic rings. The van der Waals surface area contributed by atoms with E-state index in [0.29, 0.717) is 6.54 Å². The molecule has 0 aromatic carbocycles. The summed E-state index contributed by atoms with van der Waals surface area (Å²) in [5.41, 5.74) is 2.44. The molecule has 1 aliphatic heterocycles. The van der Waals surface area contributed by atoms with Crippen LogP contribution in [0.2, 0.25) is 0 Å². The van der Waals surface area contributed by atoms with Crippen molar-refractivity contribution in [3.63, 3.8) is 0 Å². The van der Waals surface area contributed by atoms with Gasteiger partial charge in [0.2, 0.25) is 0 Å². The number of aliphatic imine (C=N–C) groups is 1. The predicted octanol–water partition coefficient (Wildman–Crippen LogP) is 3.64. The maximum Gasteiger partial charge on any atom is 0.191 e. The minimum absolute atomic E-state index is 0. The van der Waals surface area contributed by atoms with Crippen LogP contribution in [0.3, 0.4) is 0 Å². The average molecular weight is 514 g/mol. The van der Waals surface area contributed by atoms with Crippen molar-refractivity contribution in [2.75, 3.05) is 32.7 Å². The lowest BCUT2D eigenvalue weighted by molar-refractivity contribution is 0.150. The van der Waals surface area contributed by atoms with Crippen LogP contribution in [0, 0.1) is 6.92 Å². The van der Waals surface area contributed by atoms with Crippen LogP contribution < -0.4 is 10.6 Å². The molecule has 2 aromatic heterocycles. The van der Waals surface area contributed by atoms with E-state index >= 15 is 0 Å². The Balaban J connectivity index is 0.00000300. The number of furan rings is 1. The fraction of sp³-hybridized carbons (Fsp3) is 0.619. The molecule has 0 radical (unpaired) electrons. The first kappa shape index (κ1) is 23.7. The predicted molar refractivity (Wildman–Crippen MR) is 128 cm³/mol. The van der Waals surface area contributed by atoms with E-state index in [4.69, 9.17) is 9.41 Å². The standard InChI is InChI=1S/C21H34N6O.HI/c1-3-22-21(23-11-7-9-18-15-25-26-17(18)2)24-16-19(20-10-8-14-28-20)27-12-5-4-6-13-27;/h8,10,14-15,19H,3-7,9,11-13,16H2,1-2H3,(H,25,26)(H2,22,23,24);1H. The lowest BCUT2D eigenvalue weighted by Crippen LogP contribution is -2.40. The first-order valence-electron chi connectivity index (χ1n) is 10.6. The lowest BCUT2D eigenvalue weighted by atomic mass is 10.1. The number of aromatic amines is 1. The highest BCUT2D eigenvalue weighted by molar-refractivity contribution is 14.0. The molecule has 0 spiro atoms. The van der Waals surface area contributed by atoms with Crippen molar-refractivity contribution in [1.82, 2.24) is 25.7 Å². The van der Waals surface area contributed by atoms with Gasteiger partial charge in [0.15, 0.2) is 5.96 Å². The third-order valence-corrected chi connectivity index (χ3v) is 5.32. The van der Waals surface area contributed by atoms with Crippen molar-refractivity contribution in [1.29, 1.82) is 0 Å². The minimum atomic E-state index is 0. The summed E-state index contributed by atoms with van der Waals surface area (Å²) >= 11 is 0. The number of halogens is 1. The van der Waals surface area contributed by atoms with Crippen molar-refractivity contribution in [3.8, 4) is 0 Å². The van der Waals surface area contributed by atoms with E-state index < -0.39 is 0 Å². The van der Waals surface area contributed by atoms with Gasteiger partial charge >= 0.3 is 0 Å². The van der Waals surface area contributed by atoms with Gasteiger partial charge < -0.3 is 15.1 Å². The van der Waals surface area contributed by atoms with Gasteiger partial charge in [0.05, 0.1) is 25.0 Å². The number of H-pyrrole nitrogens is 1. The van der Waals surface area contributed by atoms with Crippen molar-refractivity contribution in [2.24, 2.45) is 4.99 Å². The molecule has 8 heteroatoms. The molecule has 3 heterocycles. The highest BCUT2D eigenvalue weighted by Crippen LogP contribution is 2.25. The lowest BCUT2D eigenvalue weighted by Gasteiger charge is -2.32. The van der Waals surface area contributed by atoms with Gasteiger partial charge in [0, 0.05) is 18.8 Å². The second-order valence-corrected chi connectivity index (χ2v) is 7.40. The first-order valence-corrected chi connectivity index (χ1v) is 10.6. The van der Waals surface area contributed by atoms with E-state index in [1.54, 1.807) is 6.26 Å². The first-order chi connectivity index (χ1) is 13.8. The van der Waals surface area contributed by atoms with Gasteiger partial charge in [-0.2, -0.15) is 5.10 Å². The fourth-order valence-corrected chi connectivity index (χ4v) is 3.73. The van der Waals surface area contributed by atoms with Crippen LogP contribution >= 0.6 is 24.0 Å². The highest BCUT2D eigenvalue weighted by Gasteiger charge is 2.24. The molecule has 1 unspecified atom stereocenters. The average Bonchev–Trinajstić information content (AvgIpc) is 3.38. The third-order valence-electron chi connectivity index (χ3n) is 5.32. The molecule has 1 atom stereocenters. The van der Waals surface area contributed by atoms with E-state index in [1.165, 1.54) is 24.8 Å². The molecule has 1 aliphatic rings. The van der Waals surface area contributed by atoms with E-state index in [2.05, 4.69) is 45.6 Å². The van der Waals surface area contributed by atoms with E-state index in [0.717, 1.165) is 56.4 Å². The molecule has 0 amide bonds. The van der Waals surface area contributed by atoms with Crippen molar-refractivity contribution in [2.45, 2.75) is 52.0 Å². The van der Waals surface area contributed by atoms with Crippen molar-refractivity contribution in [3.05, 3.63) is 41.6 Å². The monoisotopic (exact) mass is 514 g/mol. The largest absolute Gasteiger partial charge is 0.468 e. The van der Waals surface area contributed by atoms with Gasteiger partial charge in [-0.05, 0) is 70.3 Å².